The van der Waals surface area contributed by atoms with Crippen LogP contribution in [0.3, 0.4) is 0 Å². The van der Waals surface area contributed by atoms with Gasteiger partial charge in [0.15, 0.2) is 16.7 Å². The number of pyridine rings is 1. The average molecular weight is 414 g/mol. The van der Waals surface area contributed by atoms with Crippen LogP contribution in [-0.2, 0) is 0 Å². The number of nitrogen functional groups attached to an aromatic ring is 1. The molecule has 0 amide bonds. The van der Waals surface area contributed by atoms with Gasteiger partial charge in [-0.25, -0.2) is 15.0 Å². The summed E-state index contributed by atoms with van der Waals surface area (Å²) in [6.45, 7) is 3.98. The highest BCUT2D eigenvalue weighted by atomic mass is 32.1. The monoisotopic (exact) mass is 414 g/mol. The van der Waals surface area contributed by atoms with Gasteiger partial charge < -0.3 is 15.8 Å². The lowest BCUT2D eigenvalue weighted by atomic mass is 10.2. The topological polar surface area (TPSA) is 98.8 Å². The van der Waals surface area contributed by atoms with Gasteiger partial charge in [-0.05, 0) is 37.6 Å². The van der Waals surface area contributed by atoms with Gasteiger partial charge in [-0.2, -0.15) is 4.98 Å². The van der Waals surface area contributed by atoms with Crippen molar-refractivity contribution in [1.82, 2.24) is 19.9 Å². The number of fused-ring (bicyclic) bond motifs is 2. The van der Waals surface area contributed by atoms with Gasteiger partial charge in [0.25, 0.3) is 0 Å². The van der Waals surface area contributed by atoms with Crippen LogP contribution in [0.1, 0.15) is 11.3 Å². The van der Waals surface area contributed by atoms with Crippen molar-refractivity contribution in [2.75, 3.05) is 11.1 Å². The van der Waals surface area contributed by atoms with Crippen LogP contribution in [0, 0.1) is 13.8 Å². The van der Waals surface area contributed by atoms with E-state index in [0.717, 1.165) is 32.4 Å². The Labute approximate surface area is 176 Å². The largest absolute Gasteiger partial charge is 0.435 e. The summed E-state index contributed by atoms with van der Waals surface area (Å²) >= 11 is 1.54. The van der Waals surface area contributed by atoms with Gasteiger partial charge in [-0.15, -0.1) is 0 Å². The fourth-order valence-electron chi connectivity index (χ4n) is 3.21. The number of rotatable bonds is 4. The number of aryl methyl sites for hydroxylation is 2. The van der Waals surface area contributed by atoms with E-state index in [4.69, 9.17) is 10.5 Å². The molecule has 0 aliphatic rings. The number of aromatic nitrogens is 4. The van der Waals surface area contributed by atoms with Crippen molar-refractivity contribution < 1.29 is 4.74 Å². The molecule has 2 aromatic carbocycles. The molecule has 0 spiro atoms. The number of nitrogens with zero attached hydrogens (tertiary/aromatic N) is 4. The number of ether oxygens (including phenoxy) is 1. The molecule has 0 aliphatic heterocycles. The Morgan fingerprint density at radius 1 is 0.933 bits per heavy atom. The van der Waals surface area contributed by atoms with Gasteiger partial charge in [0.1, 0.15) is 17.5 Å². The van der Waals surface area contributed by atoms with Crippen molar-refractivity contribution in [2.45, 2.75) is 13.8 Å². The number of nitrogens with one attached hydrogen (secondary N) is 1. The van der Waals surface area contributed by atoms with Crippen molar-refractivity contribution in [3.8, 4) is 11.6 Å². The molecule has 3 aromatic heterocycles. The number of para-hydroxylation sites is 2. The van der Waals surface area contributed by atoms with E-state index in [2.05, 4.69) is 25.3 Å². The summed E-state index contributed by atoms with van der Waals surface area (Å²) in [7, 11) is 0. The molecule has 30 heavy (non-hydrogen) atoms. The van der Waals surface area contributed by atoms with Gasteiger partial charge in [0.2, 0.25) is 5.88 Å². The number of hydrogen-bond donors (Lipinski definition) is 2. The van der Waals surface area contributed by atoms with Crippen molar-refractivity contribution >= 4 is 49.1 Å². The number of hydrogen-bond acceptors (Lipinski definition) is 8. The fraction of sp³-hybridized carbons (Fsp3) is 0.0909. The van der Waals surface area contributed by atoms with Crippen LogP contribution >= 0.6 is 11.3 Å². The molecule has 0 bridgehead atoms. The first-order valence-electron chi connectivity index (χ1n) is 9.36. The molecule has 0 saturated heterocycles. The number of thiazole rings is 1. The molecule has 5 aromatic rings. The third-order valence-corrected chi connectivity index (χ3v) is 5.66. The van der Waals surface area contributed by atoms with Crippen LogP contribution in [0.2, 0.25) is 0 Å². The first kappa shape index (κ1) is 18.3. The third kappa shape index (κ3) is 3.27. The van der Waals surface area contributed by atoms with Gasteiger partial charge in [-0.1, -0.05) is 41.7 Å². The molecular weight excluding hydrogens is 396 g/mol. The van der Waals surface area contributed by atoms with Crippen molar-refractivity contribution in [2.24, 2.45) is 0 Å². The molecule has 0 radical (unpaired) electrons. The summed E-state index contributed by atoms with van der Waals surface area (Å²) in [4.78, 5) is 17.7. The molecule has 0 unspecified atom stereocenters. The quantitative estimate of drug-likeness (QED) is 0.408. The SMILES string of the molecule is Cc1ccc2cccc(Oc3ncnc(Nc4nc5c(C)cccc5s4)c3N)c2n1. The van der Waals surface area contributed by atoms with E-state index in [0.29, 0.717) is 22.4 Å². The van der Waals surface area contributed by atoms with Gasteiger partial charge in [0, 0.05) is 11.1 Å². The summed E-state index contributed by atoms with van der Waals surface area (Å²) in [5, 5.41) is 4.88. The van der Waals surface area contributed by atoms with E-state index in [1.165, 1.54) is 17.7 Å². The van der Waals surface area contributed by atoms with E-state index < -0.39 is 0 Å². The summed E-state index contributed by atoms with van der Waals surface area (Å²) in [6.07, 6.45) is 1.41. The summed E-state index contributed by atoms with van der Waals surface area (Å²) in [5.41, 5.74) is 10.4. The van der Waals surface area contributed by atoms with Crippen LogP contribution in [0.5, 0.6) is 11.6 Å². The second-order valence-electron chi connectivity index (χ2n) is 6.89. The van der Waals surface area contributed by atoms with Crippen LogP contribution in [0.15, 0.2) is 54.9 Å². The number of nitrogens with two attached hydrogens (primary N) is 1. The van der Waals surface area contributed by atoms with Crippen LogP contribution in [0.25, 0.3) is 21.1 Å². The second kappa shape index (κ2) is 7.23. The van der Waals surface area contributed by atoms with Crippen molar-refractivity contribution in [3.05, 3.63) is 66.1 Å². The smallest absolute Gasteiger partial charge is 0.248 e. The first-order valence-corrected chi connectivity index (χ1v) is 10.2. The van der Waals surface area contributed by atoms with E-state index in [1.807, 2.05) is 62.4 Å². The second-order valence-corrected chi connectivity index (χ2v) is 7.92. The average Bonchev–Trinajstić information content (AvgIpc) is 3.15. The maximum absolute atomic E-state index is 6.32. The van der Waals surface area contributed by atoms with Gasteiger partial charge in [-0.3, -0.25) is 0 Å². The highest BCUT2D eigenvalue weighted by molar-refractivity contribution is 7.22. The van der Waals surface area contributed by atoms with Gasteiger partial charge >= 0.3 is 0 Å². The summed E-state index contributed by atoms with van der Waals surface area (Å²) < 4.78 is 7.13. The normalized spacial score (nSPS) is 11.1. The lowest BCUT2D eigenvalue weighted by Gasteiger charge is -2.12. The Hall–Kier alpha value is -3.78. The van der Waals surface area contributed by atoms with E-state index in [-0.39, 0.29) is 5.88 Å². The molecule has 0 atom stereocenters. The minimum Gasteiger partial charge on any atom is -0.435 e. The summed E-state index contributed by atoms with van der Waals surface area (Å²) in [5.74, 6) is 1.30. The minimum absolute atomic E-state index is 0.264. The Balaban J connectivity index is 1.49. The zero-order valence-electron chi connectivity index (χ0n) is 16.4. The zero-order chi connectivity index (χ0) is 20.7. The van der Waals surface area contributed by atoms with Crippen molar-refractivity contribution in [1.29, 1.82) is 0 Å². The molecule has 3 N–H and O–H groups in total. The van der Waals surface area contributed by atoms with Crippen LogP contribution < -0.4 is 15.8 Å². The molecule has 0 aliphatic carbocycles. The lowest BCUT2D eigenvalue weighted by Crippen LogP contribution is -2.03. The van der Waals surface area contributed by atoms with Gasteiger partial charge in [0.05, 0.1) is 10.2 Å². The standard InChI is InChI=1S/C22H18N6OS/c1-12-5-3-8-16-18(12)27-22(30-16)28-20-17(23)21(25-11-24-20)29-15-7-4-6-14-10-9-13(2)26-19(14)15/h3-11H,23H2,1-2H3,(H,24,25,27,28). The van der Waals surface area contributed by atoms with Crippen LogP contribution in [-0.4, -0.2) is 19.9 Å². The van der Waals surface area contributed by atoms with Crippen LogP contribution in [0.4, 0.5) is 16.6 Å². The fourth-order valence-corrected chi connectivity index (χ4v) is 4.15. The molecule has 8 heteroatoms. The maximum Gasteiger partial charge on any atom is 0.248 e. The highest BCUT2D eigenvalue weighted by Gasteiger charge is 2.14. The lowest BCUT2D eigenvalue weighted by molar-refractivity contribution is 0.469. The zero-order valence-corrected chi connectivity index (χ0v) is 17.2. The number of benzene rings is 2. The Morgan fingerprint density at radius 3 is 2.67 bits per heavy atom. The third-order valence-electron chi connectivity index (χ3n) is 4.72. The Morgan fingerprint density at radius 2 is 1.80 bits per heavy atom. The van der Waals surface area contributed by atoms with Crippen molar-refractivity contribution in [3.63, 3.8) is 0 Å². The predicted octanol–water partition coefficient (Wildman–Crippen LogP) is 5.37. The molecule has 7 nitrogen and oxygen atoms in total. The molecule has 0 saturated carbocycles. The van der Waals surface area contributed by atoms with E-state index in [9.17, 15) is 0 Å². The molecule has 0 fully saturated rings. The molecule has 3 heterocycles. The maximum atomic E-state index is 6.32. The first-order chi connectivity index (χ1) is 14.6. The van der Waals surface area contributed by atoms with E-state index in [1.54, 1.807) is 0 Å². The minimum atomic E-state index is 0.264. The highest BCUT2D eigenvalue weighted by Crippen LogP contribution is 2.35. The van der Waals surface area contributed by atoms with E-state index >= 15 is 0 Å². The molecule has 5 rings (SSSR count). The summed E-state index contributed by atoms with van der Waals surface area (Å²) in [6, 6.07) is 15.8. The Kier molecular flexibility index (Phi) is 4.40. The Bertz CT molecular complexity index is 1400. The predicted molar refractivity (Wildman–Crippen MR) is 121 cm³/mol. The molecular formula is C22H18N6OS. The molecule has 148 valence electrons. The number of anilines is 3.